The number of carbonyl (C=O) groups excluding carboxylic acids is 1. The second-order valence-electron chi connectivity index (χ2n) is 5.95. The van der Waals surface area contributed by atoms with Crippen LogP contribution in [0.1, 0.15) is 32.6 Å². The summed E-state index contributed by atoms with van der Waals surface area (Å²) >= 11 is 0. The van der Waals surface area contributed by atoms with Crippen molar-refractivity contribution < 1.29 is 4.79 Å². The van der Waals surface area contributed by atoms with E-state index in [1.54, 1.807) is 6.20 Å². The van der Waals surface area contributed by atoms with E-state index in [4.69, 9.17) is 0 Å². The summed E-state index contributed by atoms with van der Waals surface area (Å²) in [5, 5.41) is 7.19. The summed E-state index contributed by atoms with van der Waals surface area (Å²) in [7, 11) is 0. The van der Waals surface area contributed by atoms with Gasteiger partial charge in [0, 0.05) is 24.5 Å². The van der Waals surface area contributed by atoms with Crippen LogP contribution < -0.4 is 5.32 Å². The van der Waals surface area contributed by atoms with E-state index in [2.05, 4.69) is 22.5 Å². The highest BCUT2D eigenvalue weighted by molar-refractivity contribution is 5.95. The summed E-state index contributed by atoms with van der Waals surface area (Å²) in [6.45, 7) is 5.27. The van der Waals surface area contributed by atoms with Crippen molar-refractivity contribution in [2.75, 3.05) is 0 Å². The number of amides is 1. The molecule has 4 nitrogen and oxygen atoms in total. The molecule has 122 valence electrons. The SMILES string of the molecule is Cc1cccc(C(=O)NCc2ccc(Cn3cccn3)cc2)c1C. The lowest BCUT2D eigenvalue weighted by Gasteiger charge is -2.10. The summed E-state index contributed by atoms with van der Waals surface area (Å²) in [6.07, 6.45) is 3.72. The van der Waals surface area contributed by atoms with Crippen LogP contribution in [0.3, 0.4) is 0 Å². The first kappa shape index (κ1) is 16.0. The molecule has 0 saturated heterocycles. The molecule has 1 N–H and O–H groups in total. The molecule has 0 radical (unpaired) electrons. The van der Waals surface area contributed by atoms with Gasteiger partial charge in [-0.25, -0.2) is 0 Å². The largest absolute Gasteiger partial charge is 0.348 e. The molecular weight excluding hydrogens is 298 g/mol. The lowest BCUT2D eigenvalue weighted by atomic mass is 10.0. The van der Waals surface area contributed by atoms with Crippen molar-refractivity contribution in [3.8, 4) is 0 Å². The molecular formula is C20H21N3O. The molecule has 0 aliphatic carbocycles. The smallest absolute Gasteiger partial charge is 0.251 e. The number of aromatic nitrogens is 2. The number of rotatable bonds is 5. The van der Waals surface area contributed by atoms with Gasteiger partial charge >= 0.3 is 0 Å². The molecule has 1 aromatic heterocycles. The van der Waals surface area contributed by atoms with E-state index in [0.717, 1.165) is 28.8 Å². The molecule has 1 amide bonds. The van der Waals surface area contributed by atoms with Gasteiger partial charge in [-0.1, -0.05) is 36.4 Å². The van der Waals surface area contributed by atoms with Crippen LogP contribution in [-0.2, 0) is 13.1 Å². The van der Waals surface area contributed by atoms with E-state index in [1.165, 1.54) is 5.56 Å². The fourth-order valence-electron chi connectivity index (χ4n) is 2.62. The molecule has 2 aromatic carbocycles. The molecule has 24 heavy (non-hydrogen) atoms. The minimum atomic E-state index is -0.0307. The number of nitrogens with zero attached hydrogens (tertiary/aromatic N) is 2. The Morgan fingerprint density at radius 1 is 1.04 bits per heavy atom. The maximum Gasteiger partial charge on any atom is 0.251 e. The molecule has 4 heteroatoms. The first-order chi connectivity index (χ1) is 11.6. The topological polar surface area (TPSA) is 46.9 Å². The number of benzene rings is 2. The third-order valence-electron chi connectivity index (χ3n) is 4.23. The quantitative estimate of drug-likeness (QED) is 0.782. The fourth-order valence-corrected chi connectivity index (χ4v) is 2.62. The van der Waals surface area contributed by atoms with E-state index < -0.39 is 0 Å². The molecule has 0 fully saturated rings. The zero-order valence-electron chi connectivity index (χ0n) is 14.0. The number of nitrogens with one attached hydrogen (secondary N) is 1. The average Bonchev–Trinajstić information content (AvgIpc) is 3.09. The zero-order chi connectivity index (χ0) is 16.9. The highest BCUT2D eigenvalue weighted by Crippen LogP contribution is 2.13. The van der Waals surface area contributed by atoms with Gasteiger partial charge in [0.2, 0.25) is 0 Å². The Hall–Kier alpha value is -2.88. The Labute approximate surface area is 142 Å². The Morgan fingerprint density at radius 2 is 1.79 bits per heavy atom. The summed E-state index contributed by atoms with van der Waals surface area (Å²) in [5.41, 5.74) is 5.17. The molecule has 0 saturated carbocycles. The predicted octanol–water partition coefficient (Wildman–Crippen LogP) is 3.48. The first-order valence-corrected chi connectivity index (χ1v) is 8.03. The van der Waals surface area contributed by atoms with Crippen LogP contribution in [0.25, 0.3) is 0 Å². The van der Waals surface area contributed by atoms with Gasteiger partial charge in [-0.05, 0) is 48.2 Å². The average molecular weight is 319 g/mol. The van der Waals surface area contributed by atoms with Gasteiger partial charge in [0.15, 0.2) is 0 Å². The second kappa shape index (κ2) is 7.13. The Morgan fingerprint density at radius 3 is 2.50 bits per heavy atom. The lowest BCUT2D eigenvalue weighted by Crippen LogP contribution is -2.23. The van der Waals surface area contributed by atoms with Crippen LogP contribution in [0.4, 0.5) is 0 Å². The van der Waals surface area contributed by atoms with Gasteiger partial charge in [-0.3, -0.25) is 9.48 Å². The Bertz CT molecular complexity index is 821. The molecule has 0 aliphatic heterocycles. The highest BCUT2D eigenvalue weighted by atomic mass is 16.1. The minimum absolute atomic E-state index is 0.0307. The normalized spacial score (nSPS) is 10.6. The predicted molar refractivity (Wildman–Crippen MR) is 94.9 cm³/mol. The maximum absolute atomic E-state index is 12.3. The van der Waals surface area contributed by atoms with E-state index in [-0.39, 0.29) is 5.91 Å². The zero-order valence-corrected chi connectivity index (χ0v) is 14.0. The van der Waals surface area contributed by atoms with Crippen molar-refractivity contribution in [1.82, 2.24) is 15.1 Å². The van der Waals surface area contributed by atoms with E-state index in [0.29, 0.717) is 6.54 Å². The molecule has 3 rings (SSSR count). The monoisotopic (exact) mass is 319 g/mol. The number of aryl methyl sites for hydroxylation is 1. The molecule has 0 unspecified atom stereocenters. The van der Waals surface area contributed by atoms with Gasteiger partial charge in [0.05, 0.1) is 6.54 Å². The first-order valence-electron chi connectivity index (χ1n) is 8.03. The van der Waals surface area contributed by atoms with Gasteiger partial charge < -0.3 is 5.32 Å². The summed E-state index contributed by atoms with van der Waals surface area (Å²) in [5.74, 6) is -0.0307. The van der Waals surface area contributed by atoms with Crippen molar-refractivity contribution in [3.63, 3.8) is 0 Å². The van der Waals surface area contributed by atoms with E-state index in [9.17, 15) is 4.79 Å². The summed E-state index contributed by atoms with van der Waals surface area (Å²) in [6, 6.07) is 15.9. The summed E-state index contributed by atoms with van der Waals surface area (Å²) in [4.78, 5) is 12.3. The maximum atomic E-state index is 12.3. The number of carbonyl (C=O) groups is 1. The van der Waals surface area contributed by atoms with Crippen molar-refractivity contribution in [1.29, 1.82) is 0 Å². The van der Waals surface area contributed by atoms with Gasteiger partial charge in [0.25, 0.3) is 5.91 Å². The van der Waals surface area contributed by atoms with E-state index in [1.807, 2.05) is 61.1 Å². The van der Waals surface area contributed by atoms with Crippen molar-refractivity contribution in [2.45, 2.75) is 26.9 Å². The van der Waals surface area contributed by atoms with Crippen molar-refractivity contribution in [3.05, 3.63) is 88.7 Å². The van der Waals surface area contributed by atoms with Crippen LogP contribution in [0.5, 0.6) is 0 Å². The molecule has 0 aliphatic rings. The number of hydrogen-bond donors (Lipinski definition) is 1. The summed E-state index contributed by atoms with van der Waals surface area (Å²) < 4.78 is 1.89. The van der Waals surface area contributed by atoms with Gasteiger partial charge in [-0.15, -0.1) is 0 Å². The van der Waals surface area contributed by atoms with Crippen LogP contribution in [0, 0.1) is 13.8 Å². The molecule has 3 aromatic rings. The van der Waals surface area contributed by atoms with Gasteiger partial charge in [0.1, 0.15) is 0 Å². The number of hydrogen-bond acceptors (Lipinski definition) is 2. The standard InChI is InChI=1S/C20H21N3O/c1-15-5-3-6-19(16(15)2)20(24)21-13-17-7-9-18(10-8-17)14-23-12-4-11-22-23/h3-12H,13-14H2,1-2H3,(H,21,24). The van der Waals surface area contributed by atoms with Crippen LogP contribution >= 0.6 is 0 Å². The second-order valence-corrected chi connectivity index (χ2v) is 5.95. The molecule has 1 heterocycles. The third kappa shape index (κ3) is 3.71. The van der Waals surface area contributed by atoms with Crippen molar-refractivity contribution >= 4 is 5.91 Å². The van der Waals surface area contributed by atoms with Crippen molar-refractivity contribution in [2.24, 2.45) is 0 Å². The van der Waals surface area contributed by atoms with Crippen LogP contribution in [0.15, 0.2) is 60.9 Å². The Balaban J connectivity index is 1.60. The van der Waals surface area contributed by atoms with Gasteiger partial charge in [-0.2, -0.15) is 5.10 Å². The van der Waals surface area contributed by atoms with Crippen LogP contribution in [0.2, 0.25) is 0 Å². The lowest BCUT2D eigenvalue weighted by molar-refractivity contribution is 0.0950. The van der Waals surface area contributed by atoms with E-state index >= 15 is 0 Å². The third-order valence-corrected chi connectivity index (χ3v) is 4.23. The molecule has 0 spiro atoms. The minimum Gasteiger partial charge on any atom is -0.348 e. The molecule has 0 bridgehead atoms. The Kier molecular flexibility index (Phi) is 4.75. The fraction of sp³-hybridized carbons (Fsp3) is 0.200. The molecule has 0 atom stereocenters. The van der Waals surface area contributed by atoms with Crippen LogP contribution in [-0.4, -0.2) is 15.7 Å². The highest BCUT2D eigenvalue weighted by Gasteiger charge is 2.09.